The zero-order valence-corrected chi connectivity index (χ0v) is 10.8. The molecule has 3 rings (SSSR count). The highest BCUT2D eigenvalue weighted by Crippen LogP contribution is 2.44. The van der Waals surface area contributed by atoms with Crippen molar-refractivity contribution in [2.75, 3.05) is 0 Å². The topological polar surface area (TPSA) is 78.8 Å². The molecule has 5 nitrogen and oxygen atoms in total. The van der Waals surface area contributed by atoms with E-state index in [0.717, 1.165) is 27.3 Å². The molecule has 0 spiro atoms. The summed E-state index contributed by atoms with van der Waals surface area (Å²) in [5.41, 5.74) is 3.58. The van der Waals surface area contributed by atoms with Crippen LogP contribution in [0.25, 0.3) is 5.57 Å². The van der Waals surface area contributed by atoms with Crippen LogP contribution < -0.4 is 5.32 Å². The smallest absolute Gasteiger partial charge is 0.394 e. The lowest BCUT2D eigenvalue weighted by molar-refractivity contribution is -0.150. The number of fused-ring (bicyclic) bond motifs is 3. The lowest BCUT2D eigenvalue weighted by atomic mass is 10.1. The van der Waals surface area contributed by atoms with Crippen LogP contribution in [0.1, 0.15) is 18.1 Å². The highest BCUT2D eigenvalue weighted by molar-refractivity contribution is 8.05. The Morgan fingerprint density at radius 3 is 2.68 bits per heavy atom. The summed E-state index contributed by atoms with van der Waals surface area (Å²) in [6, 6.07) is 7.92. The third-order valence-electron chi connectivity index (χ3n) is 3.07. The SMILES string of the molecule is CC1=C2SC(NC(=O)C(=O)O)N=C2c2ccccc21. The molecule has 0 bridgehead atoms. The number of carboxylic acid groups (broad SMARTS) is 1. The molecular formula is C13H10N2O3S. The maximum Gasteiger partial charge on any atom is 0.394 e. The van der Waals surface area contributed by atoms with Crippen LogP contribution in [-0.2, 0) is 9.59 Å². The van der Waals surface area contributed by atoms with Gasteiger partial charge in [0.05, 0.1) is 5.71 Å². The largest absolute Gasteiger partial charge is 0.474 e. The number of aliphatic carboxylic acids is 1. The number of nitrogens with zero attached hydrogens (tertiary/aromatic N) is 1. The fraction of sp³-hybridized carbons (Fsp3) is 0.154. The molecule has 6 heteroatoms. The van der Waals surface area contributed by atoms with Gasteiger partial charge in [-0.15, -0.1) is 0 Å². The highest BCUT2D eigenvalue weighted by atomic mass is 32.2. The van der Waals surface area contributed by atoms with Gasteiger partial charge in [0.15, 0.2) is 5.50 Å². The van der Waals surface area contributed by atoms with Crippen LogP contribution in [0.3, 0.4) is 0 Å². The van der Waals surface area contributed by atoms with Crippen LogP contribution >= 0.6 is 11.8 Å². The summed E-state index contributed by atoms with van der Waals surface area (Å²) in [5, 5.41) is 10.9. The van der Waals surface area contributed by atoms with Crippen molar-refractivity contribution in [1.29, 1.82) is 0 Å². The maximum absolute atomic E-state index is 11.1. The molecule has 1 unspecified atom stereocenters. The molecule has 96 valence electrons. The first kappa shape index (κ1) is 12.0. The minimum absolute atomic E-state index is 0.558. The molecular weight excluding hydrogens is 264 g/mol. The molecule has 0 aromatic heterocycles. The van der Waals surface area contributed by atoms with Gasteiger partial charge < -0.3 is 10.4 Å². The molecule has 1 amide bonds. The maximum atomic E-state index is 11.1. The van der Waals surface area contributed by atoms with E-state index in [1.807, 2.05) is 31.2 Å². The number of rotatable bonds is 1. The van der Waals surface area contributed by atoms with Gasteiger partial charge in [-0.3, -0.25) is 4.79 Å². The number of nitrogens with one attached hydrogen (secondary N) is 1. The predicted molar refractivity (Wildman–Crippen MR) is 72.7 cm³/mol. The highest BCUT2D eigenvalue weighted by Gasteiger charge is 2.34. The van der Waals surface area contributed by atoms with Crippen molar-refractivity contribution in [3.8, 4) is 0 Å². The molecule has 0 saturated heterocycles. The molecule has 19 heavy (non-hydrogen) atoms. The van der Waals surface area contributed by atoms with E-state index in [4.69, 9.17) is 5.11 Å². The van der Waals surface area contributed by atoms with Gasteiger partial charge in [0.1, 0.15) is 0 Å². The molecule has 2 aliphatic rings. The average Bonchev–Trinajstić information content (AvgIpc) is 2.90. The van der Waals surface area contributed by atoms with E-state index in [9.17, 15) is 9.59 Å². The summed E-state index contributed by atoms with van der Waals surface area (Å²) >= 11 is 1.37. The number of benzene rings is 1. The summed E-state index contributed by atoms with van der Waals surface area (Å²) in [4.78, 5) is 27.1. The van der Waals surface area contributed by atoms with E-state index >= 15 is 0 Å². The van der Waals surface area contributed by atoms with E-state index in [1.54, 1.807) is 0 Å². The second kappa shape index (κ2) is 4.24. The minimum Gasteiger partial charge on any atom is -0.474 e. The second-order valence-electron chi connectivity index (χ2n) is 4.23. The molecule has 1 atom stereocenters. The van der Waals surface area contributed by atoms with E-state index in [2.05, 4.69) is 10.3 Å². The van der Waals surface area contributed by atoms with Gasteiger partial charge >= 0.3 is 11.9 Å². The number of hydrogen-bond donors (Lipinski definition) is 2. The number of hydrogen-bond acceptors (Lipinski definition) is 4. The van der Waals surface area contributed by atoms with Crippen molar-refractivity contribution in [3.63, 3.8) is 0 Å². The third kappa shape index (κ3) is 1.84. The summed E-state index contributed by atoms with van der Waals surface area (Å²) < 4.78 is 0. The summed E-state index contributed by atoms with van der Waals surface area (Å²) in [7, 11) is 0. The second-order valence-corrected chi connectivity index (χ2v) is 5.32. The molecule has 2 N–H and O–H groups in total. The fourth-order valence-corrected chi connectivity index (χ4v) is 3.31. The van der Waals surface area contributed by atoms with Crippen molar-refractivity contribution in [1.82, 2.24) is 5.32 Å². The van der Waals surface area contributed by atoms with Crippen molar-refractivity contribution >= 4 is 34.9 Å². The quantitative estimate of drug-likeness (QED) is 0.760. The fourth-order valence-electron chi connectivity index (χ4n) is 2.20. The van der Waals surface area contributed by atoms with Gasteiger partial charge in [-0.1, -0.05) is 36.0 Å². The van der Waals surface area contributed by atoms with Gasteiger partial charge in [0.25, 0.3) is 0 Å². The summed E-state index contributed by atoms with van der Waals surface area (Å²) in [6.45, 7) is 2.01. The number of amides is 1. The molecule has 1 aliphatic heterocycles. The van der Waals surface area contributed by atoms with Crippen molar-refractivity contribution in [2.24, 2.45) is 4.99 Å². The van der Waals surface area contributed by atoms with Gasteiger partial charge in [0.2, 0.25) is 0 Å². The van der Waals surface area contributed by atoms with E-state index < -0.39 is 17.4 Å². The van der Waals surface area contributed by atoms with Crippen LogP contribution in [0.4, 0.5) is 0 Å². The Balaban J connectivity index is 1.92. The van der Waals surface area contributed by atoms with Crippen LogP contribution in [0, 0.1) is 0 Å². The minimum atomic E-state index is -1.50. The first-order chi connectivity index (χ1) is 9.08. The Kier molecular flexibility index (Phi) is 2.67. The van der Waals surface area contributed by atoms with Gasteiger partial charge in [-0.25, -0.2) is 9.79 Å². The molecule has 1 aromatic rings. The van der Waals surface area contributed by atoms with Gasteiger partial charge in [-0.05, 0) is 18.1 Å². The lowest BCUT2D eigenvalue weighted by Crippen LogP contribution is -2.35. The Morgan fingerprint density at radius 1 is 1.32 bits per heavy atom. The Labute approximate surface area is 113 Å². The molecule has 1 aliphatic carbocycles. The molecule has 0 saturated carbocycles. The zero-order valence-electron chi connectivity index (χ0n) is 10.0. The summed E-state index contributed by atoms with van der Waals surface area (Å²) in [6.07, 6.45) is 0. The van der Waals surface area contributed by atoms with E-state index in [-0.39, 0.29) is 0 Å². The molecule has 0 fully saturated rings. The number of carboxylic acids is 1. The van der Waals surface area contributed by atoms with Crippen molar-refractivity contribution in [3.05, 3.63) is 40.3 Å². The van der Waals surface area contributed by atoms with E-state index in [0.29, 0.717) is 0 Å². The Hall–Kier alpha value is -2.08. The van der Waals surface area contributed by atoms with Crippen LogP contribution in [-0.4, -0.2) is 28.2 Å². The summed E-state index contributed by atoms with van der Waals surface area (Å²) in [5.74, 6) is -2.53. The van der Waals surface area contributed by atoms with E-state index in [1.165, 1.54) is 11.8 Å². The number of carbonyl (C=O) groups excluding carboxylic acids is 1. The van der Waals surface area contributed by atoms with Gasteiger partial charge in [-0.2, -0.15) is 0 Å². The zero-order chi connectivity index (χ0) is 13.6. The Bertz CT molecular complexity index is 664. The van der Waals surface area contributed by atoms with Crippen molar-refractivity contribution in [2.45, 2.75) is 12.4 Å². The number of aliphatic imine (C=N–C) groups is 1. The number of allylic oxidation sites excluding steroid dienone is 2. The lowest BCUT2D eigenvalue weighted by Gasteiger charge is -2.07. The monoisotopic (exact) mass is 274 g/mol. The number of carbonyl (C=O) groups is 2. The first-order valence-corrected chi connectivity index (χ1v) is 6.55. The van der Waals surface area contributed by atoms with Crippen LogP contribution in [0.5, 0.6) is 0 Å². The molecule has 0 radical (unpaired) electrons. The van der Waals surface area contributed by atoms with Crippen LogP contribution in [0.15, 0.2) is 34.2 Å². The van der Waals surface area contributed by atoms with Crippen molar-refractivity contribution < 1.29 is 14.7 Å². The third-order valence-corrected chi connectivity index (χ3v) is 4.25. The predicted octanol–water partition coefficient (Wildman–Crippen LogP) is 1.45. The number of thioether (sulfide) groups is 1. The first-order valence-electron chi connectivity index (χ1n) is 5.67. The van der Waals surface area contributed by atoms with Crippen LogP contribution in [0.2, 0.25) is 0 Å². The van der Waals surface area contributed by atoms with Gasteiger partial charge in [0, 0.05) is 10.5 Å². The molecule has 1 heterocycles. The molecule has 1 aromatic carbocycles. The average molecular weight is 274 g/mol. The Morgan fingerprint density at radius 2 is 2.00 bits per heavy atom. The normalized spacial score (nSPS) is 19.8. The standard InChI is InChI=1S/C13H10N2O3S/c1-6-7-4-2-3-5-8(7)9-10(6)19-13(14-9)15-11(16)12(17)18/h2-5,13H,1H3,(H,15,16)(H,17,18).